The van der Waals surface area contributed by atoms with Crippen LogP contribution in [0.3, 0.4) is 0 Å². The molecule has 0 aliphatic carbocycles. The van der Waals surface area contributed by atoms with Gasteiger partial charge in [-0.3, -0.25) is 0 Å². The van der Waals surface area contributed by atoms with Gasteiger partial charge in [0.15, 0.2) is 0 Å². The van der Waals surface area contributed by atoms with E-state index in [1.54, 1.807) is 0 Å². The van der Waals surface area contributed by atoms with Gasteiger partial charge in [0.05, 0.1) is 0 Å². The van der Waals surface area contributed by atoms with Crippen LogP contribution >= 0.6 is 12.6 Å². The zero-order valence-corrected chi connectivity index (χ0v) is 3.68. The molecule has 0 aliphatic rings. The molecule has 0 fully saturated rings. The molecule has 0 aromatic rings. The van der Waals surface area contributed by atoms with Crippen molar-refractivity contribution >= 4 is 12.6 Å². The van der Waals surface area contributed by atoms with Crippen molar-refractivity contribution in [2.45, 2.75) is 0 Å². The monoisotopic (exact) mass is 102 g/mol. The molecule has 0 bridgehead atoms. The number of hydrogen-bond donors (Lipinski definition) is 2. The van der Waals surface area contributed by atoms with Gasteiger partial charge in [0, 0.05) is 0 Å². The first-order chi connectivity index (χ1) is 2.83. The molecule has 32 valence electrons. The third kappa shape index (κ3) is 18.8. The number of thiocyanates is 1. The number of nitriles is 2. The van der Waals surface area contributed by atoms with E-state index in [-0.39, 0.29) is 0 Å². The van der Waals surface area contributed by atoms with Crippen LogP contribution in [0.4, 0.5) is 0 Å². The summed E-state index contributed by atoms with van der Waals surface area (Å²) in [4.78, 5) is 0. The lowest BCUT2D eigenvalue weighted by Crippen LogP contribution is -1.27. The van der Waals surface area contributed by atoms with Crippen LogP contribution in [-0.4, -0.2) is 5.11 Å². The predicted octanol–water partition coefficient (Wildman–Crippen LogP) is 0.237. The maximum atomic E-state index is 7.18. The quantitative estimate of drug-likeness (QED) is 0.340. The fourth-order valence-corrected chi connectivity index (χ4v) is 0. The molecule has 0 saturated carbocycles. The number of nitrogens with zero attached hydrogens (tertiary/aromatic N) is 2. The summed E-state index contributed by atoms with van der Waals surface area (Å²) >= 11 is 3.09. The van der Waals surface area contributed by atoms with E-state index in [0.717, 1.165) is 6.26 Å². The molecule has 0 unspecified atom stereocenters. The van der Waals surface area contributed by atoms with Gasteiger partial charge in [-0.2, -0.15) is 10.5 Å². The molecule has 0 atom stereocenters. The third-order valence-electron chi connectivity index (χ3n) is 0. The Morgan fingerprint density at radius 3 is 1.50 bits per heavy atom. The second-order valence-electron chi connectivity index (χ2n) is 0.200. The second kappa shape index (κ2) is 31.7. The van der Waals surface area contributed by atoms with Crippen LogP contribution in [0.1, 0.15) is 0 Å². The Morgan fingerprint density at radius 2 is 1.50 bits per heavy atom. The van der Waals surface area contributed by atoms with Gasteiger partial charge in [-0.15, -0.1) is 0 Å². The highest BCUT2D eigenvalue weighted by molar-refractivity contribution is 7.85. The van der Waals surface area contributed by atoms with E-state index in [0.29, 0.717) is 0 Å². The highest BCUT2D eigenvalue weighted by atomic mass is 32.1. The van der Waals surface area contributed by atoms with E-state index in [2.05, 4.69) is 12.6 Å². The summed E-state index contributed by atoms with van der Waals surface area (Å²) < 4.78 is 0. The second-order valence-corrected chi connectivity index (χ2v) is 0.400. The first kappa shape index (κ1) is 8.93. The third-order valence-corrected chi connectivity index (χ3v) is 0. The standard InChI is InChI=1S/CHNO.CHNS/c2*2-1-3/h2*3H. The average Bonchev–Trinajstić information content (AvgIpc) is 1.39. The molecule has 0 aromatic heterocycles. The maximum Gasteiger partial charge on any atom is 0.283 e. The first-order valence-electron chi connectivity index (χ1n) is 0.894. The zero-order chi connectivity index (χ0) is 5.41. The SMILES string of the molecule is N#CO.N#CS. The summed E-state index contributed by atoms with van der Waals surface area (Å²) in [6, 6.07) is 0. The molecule has 0 spiro atoms. The Labute approximate surface area is 40.8 Å². The lowest BCUT2D eigenvalue weighted by molar-refractivity contribution is 0.503. The summed E-state index contributed by atoms with van der Waals surface area (Å²) in [7, 11) is 0. The molecule has 0 amide bonds. The van der Waals surface area contributed by atoms with E-state index in [1.165, 1.54) is 5.40 Å². The topological polar surface area (TPSA) is 67.8 Å². The smallest absolute Gasteiger partial charge is 0.283 e. The molecule has 6 heavy (non-hydrogen) atoms. The highest BCUT2D eigenvalue weighted by Gasteiger charge is 1.18. The average molecular weight is 102 g/mol. The van der Waals surface area contributed by atoms with Crippen molar-refractivity contribution in [2.24, 2.45) is 0 Å². The van der Waals surface area contributed by atoms with E-state index < -0.39 is 0 Å². The van der Waals surface area contributed by atoms with Gasteiger partial charge in [-0.25, -0.2) is 0 Å². The van der Waals surface area contributed by atoms with Crippen LogP contribution in [-0.2, 0) is 0 Å². The minimum Gasteiger partial charge on any atom is -0.443 e. The largest absolute Gasteiger partial charge is 0.443 e. The number of hydrogen-bond acceptors (Lipinski definition) is 4. The fraction of sp³-hybridized carbons (Fsp3) is 0. The Kier molecular flexibility index (Phi) is 47.2. The predicted molar refractivity (Wildman–Crippen MR) is 22.1 cm³/mol. The minimum absolute atomic E-state index is 0.750. The molecule has 4 heteroatoms. The molecule has 0 radical (unpaired) electrons. The van der Waals surface area contributed by atoms with E-state index >= 15 is 0 Å². The zero-order valence-electron chi connectivity index (χ0n) is 2.79. The van der Waals surface area contributed by atoms with Crippen LogP contribution in [0.5, 0.6) is 0 Å². The van der Waals surface area contributed by atoms with Gasteiger partial charge in [0.2, 0.25) is 0 Å². The Morgan fingerprint density at radius 1 is 1.50 bits per heavy atom. The lowest BCUT2D eigenvalue weighted by Gasteiger charge is -1.25. The van der Waals surface area contributed by atoms with Crippen molar-refractivity contribution in [3.63, 3.8) is 0 Å². The molecule has 1 N–H and O–H groups in total. The van der Waals surface area contributed by atoms with E-state index in [1.807, 2.05) is 0 Å². The Bertz CT molecular complexity index is 66.5. The van der Waals surface area contributed by atoms with E-state index in [4.69, 9.17) is 15.6 Å². The van der Waals surface area contributed by atoms with E-state index in [9.17, 15) is 0 Å². The van der Waals surface area contributed by atoms with Gasteiger partial charge >= 0.3 is 0 Å². The van der Waals surface area contributed by atoms with Gasteiger partial charge in [-0.1, -0.05) is 12.6 Å². The van der Waals surface area contributed by atoms with Gasteiger partial charge in [-0.05, 0) is 0 Å². The van der Waals surface area contributed by atoms with Gasteiger partial charge in [0.25, 0.3) is 6.26 Å². The Hall–Kier alpha value is -0.870. The first-order valence-corrected chi connectivity index (χ1v) is 1.34. The van der Waals surface area contributed by atoms with Crippen LogP contribution in [0.15, 0.2) is 0 Å². The molecule has 0 saturated heterocycles. The van der Waals surface area contributed by atoms with Gasteiger partial charge < -0.3 is 5.11 Å². The summed E-state index contributed by atoms with van der Waals surface area (Å²) in [6.07, 6.45) is 0.750. The van der Waals surface area contributed by atoms with Crippen molar-refractivity contribution in [2.75, 3.05) is 0 Å². The van der Waals surface area contributed by atoms with Crippen molar-refractivity contribution in [3.8, 4) is 11.7 Å². The number of aliphatic hydroxyl groups is 1. The molecule has 3 nitrogen and oxygen atoms in total. The lowest BCUT2D eigenvalue weighted by atomic mass is 11.6. The minimum atomic E-state index is 0.750. The van der Waals surface area contributed by atoms with Crippen molar-refractivity contribution < 1.29 is 5.11 Å². The van der Waals surface area contributed by atoms with Crippen LogP contribution < -0.4 is 0 Å². The highest BCUT2D eigenvalue weighted by Crippen LogP contribution is 1.46. The number of aliphatic hydroxyl groups excluding tert-OH is 1. The molecular weight excluding hydrogens is 100 g/mol. The molecule has 0 aliphatic heterocycles. The number of thiol groups is 1. The van der Waals surface area contributed by atoms with Gasteiger partial charge in [0.1, 0.15) is 5.40 Å². The molecule has 0 heterocycles. The molecule has 0 rings (SSSR count). The molecule has 0 aromatic carbocycles. The van der Waals surface area contributed by atoms with Crippen LogP contribution in [0.25, 0.3) is 0 Å². The summed E-state index contributed by atoms with van der Waals surface area (Å²) in [5.74, 6) is 0. The van der Waals surface area contributed by atoms with Crippen molar-refractivity contribution in [3.05, 3.63) is 0 Å². The van der Waals surface area contributed by atoms with Crippen molar-refractivity contribution in [1.82, 2.24) is 0 Å². The normalized spacial score (nSPS) is 2.50. The maximum absolute atomic E-state index is 7.18. The van der Waals surface area contributed by atoms with Crippen LogP contribution in [0.2, 0.25) is 0 Å². The van der Waals surface area contributed by atoms with Crippen molar-refractivity contribution in [1.29, 1.82) is 10.5 Å². The van der Waals surface area contributed by atoms with Crippen LogP contribution in [0, 0.1) is 22.2 Å². The Balaban J connectivity index is 0. The molecular formula is C2H2N2OS. The summed E-state index contributed by atoms with van der Waals surface area (Å²) in [6.45, 7) is 0. The fourth-order valence-electron chi connectivity index (χ4n) is 0. The number of rotatable bonds is 0. The summed E-state index contributed by atoms with van der Waals surface area (Å²) in [5, 5.41) is 22.4. The summed E-state index contributed by atoms with van der Waals surface area (Å²) in [5.41, 5.74) is 0.